The molecule has 0 amide bonds. The zero-order chi connectivity index (χ0) is 14.2. The largest absolute Gasteiger partial charge is 0.346 e. The highest BCUT2D eigenvalue weighted by Crippen LogP contribution is 2.27. The predicted molar refractivity (Wildman–Crippen MR) is 82.2 cm³/mol. The number of aryl methyl sites for hydroxylation is 1. The molecule has 4 rings (SSSR count). The van der Waals surface area contributed by atoms with E-state index in [1.165, 1.54) is 0 Å². The maximum atomic E-state index is 4.49. The molecule has 1 radical (unpaired) electrons. The summed E-state index contributed by atoms with van der Waals surface area (Å²) >= 11 is 0. The lowest BCUT2D eigenvalue weighted by atomic mass is 10.1. The molecule has 0 atom stereocenters. The van der Waals surface area contributed by atoms with Gasteiger partial charge < -0.3 is 4.98 Å². The van der Waals surface area contributed by atoms with Gasteiger partial charge in [-0.25, -0.2) is 9.67 Å². The van der Waals surface area contributed by atoms with Crippen molar-refractivity contribution in [2.45, 2.75) is 6.92 Å². The molecule has 21 heavy (non-hydrogen) atoms. The van der Waals surface area contributed by atoms with E-state index in [1.807, 2.05) is 59.8 Å². The Hall–Kier alpha value is -2.88. The number of aromatic nitrogens is 4. The third-order valence-corrected chi connectivity index (χ3v) is 3.64. The van der Waals surface area contributed by atoms with Gasteiger partial charge >= 0.3 is 0 Å². The van der Waals surface area contributed by atoms with Crippen LogP contribution in [-0.4, -0.2) is 19.7 Å². The van der Waals surface area contributed by atoms with Gasteiger partial charge in [0.1, 0.15) is 5.65 Å². The van der Waals surface area contributed by atoms with Gasteiger partial charge in [-0.15, -0.1) is 0 Å². The highest BCUT2D eigenvalue weighted by Gasteiger charge is 2.09. The van der Waals surface area contributed by atoms with E-state index in [0.717, 1.165) is 33.4 Å². The Kier molecular flexibility index (Phi) is 2.60. The number of hydrogen-bond donors (Lipinski definition) is 1. The normalized spacial score (nSPS) is 11.1. The number of fused-ring (bicyclic) bond motifs is 1. The monoisotopic (exact) mass is 273 g/mol. The number of rotatable bonds is 2. The molecular formula is C17H13N4. The van der Waals surface area contributed by atoms with Crippen LogP contribution in [0.25, 0.3) is 27.8 Å². The van der Waals surface area contributed by atoms with E-state index in [2.05, 4.69) is 28.1 Å². The minimum Gasteiger partial charge on any atom is -0.346 e. The average Bonchev–Trinajstić information content (AvgIpc) is 3.16. The van der Waals surface area contributed by atoms with E-state index in [0.29, 0.717) is 0 Å². The Balaban J connectivity index is 1.85. The van der Waals surface area contributed by atoms with Gasteiger partial charge in [0.2, 0.25) is 0 Å². The van der Waals surface area contributed by atoms with Crippen LogP contribution in [0, 0.1) is 13.0 Å². The van der Waals surface area contributed by atoms with E-state index >= 15 is 0 Å². The average molecular weight is 273 g/mol. The number of aromatic amines is 1. The quantitative estimate of drug-likeness (QED) is 0.607. The van der Waals surface area contributed by atoms with Crippen molar-refractivity contribution in [2.75, 3.05) is 0 Å². The van der Waals surface area contributed by atoms with E-state index in [4.69, 9.17) is 0 Å². The van der Waals surface area contributed by atoms with Gasteiger partial charge in [0.25, 0.3) is 0 Å². The lowest BCUT2D eigenvalue weighted by Gasteiger charge is -2.04. The molecule has 4 aromatic rings. The Morgan fingerprint density at radius 2 is 2.19 bits per heavy atom. The molecule has 1 aromatic carbocycles. The van der Waals surface area contributed by atoms with Crippen LogP contribution in [0.15, 0.2) is 55.1 Å². The topological polar surface area (TPSA) is 46.5 Å². The van der Waals surface area contributed by atoms with Crippen molar-refractivity contribution in [3.63, 3.8) is 0 Å². The maximum Gasteiger partial charge on any atom is 0.137 e. The van der Waals surface area contributed by atoms with E-state index < -0.39 is 0 Å². The Morgan fingerprint density at radius 3 is 3.10 bits per heavy atom. The molecule has 0 aliphatic heterocycles. The predicted octanol–water partition coefficient (Wildman–Crippen LogP) is 3.52. The zero-order valence-electron chi connectivity index (χ0n) is 11.5. The van der Waals surface area contributed by atoms with Crippen molar-refractivity contribution in [3.05, 3.63) is 66.7 Å². The van der Waals surface area contributed by atoms with E-state index in [9.17, 15) is 0 Å². The van der Waals surface area contributed by atoms with E-state index in [-0.39, 0.29) is 0 Å². The minimum absolute atomic E-state index is 0.894. The molecule has 4 heteroatoms. The molecule has 0 saturated heterocycles. The van der Waals surface area contributed by atoms with Gasteiger partial charge in [-0.2, -0.15) is 5.10 Å². The number of H-pyrrole nitrogens is 1. The SMILES string of the molecule is Cc1c[c]ccc1-n1cc(-c2ccnc3[nH]ccc23)cn1. The summed E-state index contributed by atoms with van der Waals surface area (Å²) < 4.78 is 1.90. The molecule has 0 saturated carbocycles. The summed E-state index contributed by atoms with van der Waals surface area (Å²) in [7, 11) is 0. The summed E-state index contributed by atoms with van der Waals surface area (Å²) in [5.41, 5.74) is 5.32. The van der Waals surface area contributed by atoms with Gasteiger partial charge in [-0.1, -0.05) is 6.07 Å². The summed E-state index contributed by atoms with van der Waals surface area (Å²) in [6.07, 6.45) is 7.65. The third-order valence-electron chi connectivity index (χ3n) is 3.64. The number of pyridine rings is 1. The first-order valence-electron chi connectivity index (χ1n) is 6.77. The fourth-order valence-electron chi connectivity index (χ4n) is 2.57. The molecular weight excluding hydrogens is 260 g/mol. The Labute approximate surface area is 122 Å². The first kappa shape index (κ1) is 11.9. The number of nitrogens with one attached hydrogen (secondary N) is 1. The molecule has 0 bridgehead atoms. The van der Waals surface area contributed by atoms with Crippen LogP contribution < -0.4 is 0 Å². The molecule has 0 aliphatic carbocycles. The molecule has 0 fully saturated rings. The Morgan fingerprint density at radius 1 is 1.24 bits per heavy atom. The minimum atomic E-state index is 0.894. The third kappa shape index (κ3) is 1.92. The summed E-state index contributed by atoms with van der Waals surface area (Å²) in [6.45, 7) is 2.06. The first-order chi connectivity index (χ1) is 10.3. The first-order valence-corrected chi connectivity index (χ1v) is 6.77. The second-order valence-electron chi connectivity index (χ2n) is 4.98. The van der Waals surface area contributed by atoms with Gasteiger partial charge in [0, 0.05) is 29.5 Å². The summed E-state index contributed by atoms with van der Waals surface area (Å²) in [5, 5.41) is 5.59. The lowest BCUT2D eigenvalue weighted by molar-refractivity contribution is 0.873. The highest BCUT2D eigenvalue weighted by molar-refractivity contribution is 5.92. The number of nitrogens with zero attached hydrogens (tertiary/aromatic N) is 3. The molecule has 3 aromatic heterocycles. The standard InChI is InChI=1S/C17H13N4/c1-12-4-2-3-5-16(12)21-11-13(10-20-21)14-6-8-18-17-15(14)7-9-19-17/h3-11H,1H3,(H,18,19). The van der Waals surface area contributed by atoms with Gasteiger partial charge in [-0.05, 0) is 48.4 Å². The molecule has 3 heterocycles. The summed E-state index contributed by atoms with van der Waals surface area (Å²) in [6, 6.07) is 13.0. The molecule has 1 N–H and O–H groups in total. The molecule has 4 nitrogen and oxygen atoms in total. The molecule has 0 aliphatic rings. The van der Waals surface area contributed by atoms with Crippen LogP contribution in [0.2, 0.25) is 0 Å². The van der Waals surface area contributed by atoms with Gasteiger partial charge in [-0.3, -0.25) is 0 Å². The second-order valence-corrected chi connectivity index (χ2v) is 4.98. The van der Waals surface area contributed by atoms with Crippen LogP contribution in [0.4, 0.5) is 0 Å². The Bertz CT molecular complexity index is 917. The fraction of sp³-hybridized carbons (Fsp3) is 0.0588. The van der Waals surface area contributed by atoms with Crippen LogP contribution in [0.1, 0.15) is 5.56 Å². The van der Waals surface area contributed by atoms with Gasteiger partial charge in [0.05, 0.1) is 11.9 Å². The molecule has 0 unspecified atom stereocenters. The smallest absolute Gasteiger partial charge is 0.137 e. The van der Waals surface area contributed by atoms with Crippen molar-refractivity contribution in [2.24, 2.45) is 0 Å². The van der Waals surface area contributed by atoms with Crippen molar-refractivity contribution in [1.29, 1.82) is 0 Å². The van der Waals surface area contributed by atoms with Crippen molar-refractivity contribution in [3.8, 4) is 16.8 Å². The maximum absolute atomic E-state index is 4.49. The van der Waals surface area contributed by atoms with Crippen LogP contribution in [0.5, 0.6) is 0 Å². The van der Waals surface area contributed by atoms with Crippen molar-refractivity contribution < 1.29 is 0 Å². The molecule has 101 valence electrons. The second kappa shape index (κ2) is 4.59. The number of benzene rings is 1. The van der Waals surface area contributed by atoms with Crippen LogP contribution in [0.3, 0.4) is 0 Å². The fourth-order valence-corrected chi connectivity index (χ4v) is 2.57. The van der Waals surface area contributed by atoms with Crippen molar-refractivity contribution >= 4 is 11.0 Å². The summed E-state index contributed by atoms with van der Waals surface area (Å²) in [4.78, 5) is 7.45. The van der Waals surface area contributed by atoms with Crippen molar-refractivity contribution in [1.82, 2.24) is 19.7 Å². The van der Waals surface area contributed by atoms with Crippen LogP contribution >= 0.6 is 0 Å². The number of hydrogen-bond acceptors (Lipinski definition) is 2. The lowest BCUT2D eigenvalue weighted by Crippen LogP contribution is -1.96. The summed E-state index contributed by atoms with van der Waals surface area (Å²) in [5.74, 6) is 0. The van der Waals surface area contributed by atoms with Gasteiger partial charge in [0.15, 0.2) is 0 Å². The van der Waals surface area contributed by atoms with E-state index in [1.54, 1.807) is 0 Å². The highest BCUT2D eigenvalue weighted by atomic mass is 15.3. The zero-order valence-corrected chi connectivity index (χ0v) is 11.5. The molecule has 0 spiro atoms. The van der Waals surface area contributed by atoms with Crippen LogP contribution in [-0.2, 0) is 0 Å².